The van der Waals surface area contributed by atoms with Crippen LogP contribution in [0.4, 0.5) is 5.13 Å². The van der Waals surface area contributed by atoms with Crippen molar-refractivity contribution in [2.45, 2.75) is 13.3 Å². The Morgan fingerprint density at radius 3 is 2.50 bits per heavy atom. The summed E-state index contributed by atoms with van der Waals surface area (Å²) in [7, 11) is 4.45. The number of methoxy groups -OCH3 is 3. The molecule has 0 radical (unpaired) electrons. The van der Waals surface area contributed by atoms with Gasteiger partial charge < -0.3 is 14.2 Å². The highest BCUT2D eigenvalue weighted by Gasteiger charge is 2.18. The maximum Gasteiger partial charge on any atom is 0.268 e. The van der Waals surface area contributed by atoms with Gasteiger partial charge in [0.05, 0.1) is 21.3 Å². The first-order valence-electron chi connectivity index (χ1n) is 7.62. The molecular formula is C17H18N4O4S. The van der Waals surface area contributed by atoms with Crippen LogP contribution in [0.25, 0.3) is 6.08 Å². The molecule has 2 rings (SSSR count). The lowest BCUT2D eigenvalue weighted by Crippen LogP contribution is -2.13. The molecule has 0 saturated heterocycles. The van der Waals surface area contributed by atoms with E-state index in [-0.39, 0.29) is 5.57 Å². The average molecular weight is 374 g/mol. The predicted octanol–water partition coefficient (Wildman–Crippen LogP) is 2.67. The molecule has 0 unspecified atom stereocenters. The molecule has 0 aliphatic heterocycles. The van der Waals surface area contributed by atoms with E-state index in [2.05, 4.69) is 15.5 Å². The zero-order valence-electron chi connectivity index (χ0n) is 14.8. The van der Waals surface area contributed by atoms with E-state index in [1.54, 1.807) is 12.1 Å². The molecule has 2 aromatic rings. The van der Waals surface area contributed by atoms with Gasteiger partial charge in [-0.25, -0.2) is 0 Å². The number of nitriles is 1. The zero-order valence-corrected chi connectivity index (χ0v) is 15.6. The lowest BCUT2D eigenvalue weighted by atomic mass is 10.1. The molecule has 1 amide bonds. The molecule has 9 heteroatoms. The summed E-state index contributed by atoms with van der Waals surface area (Å²) in [6.07, 6.45) is 2.13. The molecule has 136 valence electrons. The largest absolute Gasteiger partial charge is 0.493 e. The van der Waals surface area contributed by atoms with Crippen molar-refractivity contribution in [2.75, 3.05) is 26.6 Å². The number of rotatable bonds is 7. The Morgan fingerprint density at radius 1 is 1.23 bits per heavy atom. The fourth-order valence-corrected chi connectivity index (χ4v) is 2.83. The van der Waals surface area contributed by atoms with Crippen LogP contribution in [0.2, 0.25) is 0 Å². The Kier molecular flexibility index (Phi) is 6.52. The minimum Gasteiger partial charge on any atom is -0.493 e. The second-order valence-electron chi connectivity index (χ2n) is 4.90. The van der Waals surface area contributed by atoms with E-state index in [0.717, 1.165) is 11.4 Å². The molecule has 26 heavy (non-hydrogen) atoms. The van der Waals surface area contributed by atoms with Crippen LogP contribution in [-0.2, 0) is 11.2 Å². The number of aromatic nitrogens is 2. The van der Waals surface area contributed by atoms with Crippen molar-refractivity contribution in [3.8, 4) is 23.3 Å². The Balaban J connectivity index is 2.36. The molecule has 1 N–H and O–H groups in total. The number of nitrogens with zero attached hydrogens (tertiary/aromatic N) is 3. The Labute approximate surface area is 155 Å². The zero-order chi connectivity index (χ0) is 19.1. The van der Waals surface area contributed by atoms with Crippen LogP contribution in [-0.4, -0.2) is 37.4 Å². The number of carbonyl (C=O) groups excluding carboxylic acids is 1. The van der Waals surface area contributed by atoms with Gasteiger partial charge in [0.25, 0.3) is 5.91 Å². The lowest BCUT2D eigenvalue weighted by Gasteiger charge is -2.14. The standard InChI is InChI=1S/C17H18N4O4S/c1-5-13-20-21-17(26-13)19-16(22)11(9-18)8-10-6-7-12(23-2)15(25-4)14(10)24-3/h6-8H,5H2,1-4H3,(H,19,21,22)/b11-8+. The summed E-state index contributed by atoms with van der Waals surface area (Å²) in [5, 5.41) is 20.9. The minimum absolute atomic E-state index is 0.108. The topological polar surface area (TPSA) is 106 Å². The van der Waals surface area contributed by atoms with E-state index >= 15 is 0 Å². The average Bonchev–Trinajstić information content (AvgIpc) is 3.12. The molecule has 0 spiro atoms. The monoisotopic (exact) mass is 374 g/mol. The van der Waals surface area contributed by atoms with Gasteiger partial charge in [-0.2, -0.15) is 5.26 Å². The Hall–Kier alpha value is -3.12. The number of benzene rings is 1. The van der Waals surface area contributed by atoms with Crippen molar-refractivity contribution in [3.63, 3.8) is 0 Å². The van der Waals surface area contributed by atoms with Gasteiger partial charge in [-0.15, -0.1) is 10.2 Å². The highest BCUT2D eigenvalue weighted by molar-refractivity contribution is 7.15. The summed E-state index contributed by atoms with van der Waals surface area (Å²) in [6.45, 7) is 1.94. The van der Waals surface area contributed by atoms with Crippen LogP contribution in [0.3, 0.4) is 0 Å². The van der Waals surface area contributed by atoms with E-state index in [1.807, 2.05) is 13.0 Å². The molecule has 1 heterocycles. The fourth-order valence-electron chi connectivity index (χ4n) is 2.15. The normalized spacial score (nSPS) is 10.8. The summed E-state index contributed by atoms with van der Waals surface area (Å²) >= 11 is 1.26. The van der Waals surface area contributed by atoms with Crippen molar-refractivity contribution in [2.24, 2.45) is 0 Å². The number of hydrogen-bond donors (Lipinski definition) is 1. The molecular weight excluding hydrogens is 356 g/mol. The van der Waals surface area contributed by atoms with Gasteiger partial charge >= 0.3 is 0 Å². The summed E-state index contributed by atoms with van der Waals surface area (Å²) in [5.41, 5.74) is 0.395. The van der Waals surface area contributed by atoms with Crippen LogP contribution >= 0.6 is 11.3 Å². The Bertz CT molecular complexity index is 870. The molecule has 0 saturated carbocycles. The predicted molar refractivity (Wildman–Crippen MR) is 97.6 cm³/mol. The number of ether oxygens (including phenoxy) is 3. The third kappa shape index (κ3) is 4.10. The van der Waals surface area contributed by atoms with Gasteiger partial charge in [0.2, 0.25) is 10.9 Å². The fraction of sp³-hybridized carbons (Fsp3) is 0.294. The summed E-state index contributed by atoms with van der Waals surface area (Å²) in [6, 6.07) is 5.22. The summed E-state index contributed by atoms with van der Waals surface area (Å²) in [5.74, 6) is 0.628. The molecule has 1 aromatic heterocycles. The number of nitrogens with one attached hydrogen (secondary N) is 1. The van der Waals surface area contributed by atoms with E-state index in [4.69, 9.17) is 14.2 Å². The highest BCUT2D eigenvalue weighted by atomic mass is 32.1. The molecule has 0 aliphatic rings. The number of amides is 1. The summed E-state index contributed by atoms with van der Waals surface area (Å²) in [4.78, 5) is 12.4. The number of anilines is 1. The molecule has 0 fully saturated rings. The third-order valence-corrected chi connectivity index (χ3v) is 4.37. The number of hydrogen-bond acceptors (Lipinski definition) is 8. The molecule has 1 aromatic carbocycles. The van der Waals surface area contributed by atoms with Crippen LogP contribution in [0.15, 0.2) is 17.7 Å². The number of carbonyl (C=O) groups is 1. The number of aryl methyl sites for hydroxylation is 1. The highest BCUT2D eigenvalue weighted by Crippen LogP contribution is 2.40. The van der Waals surface area contributed by atoms with E-state index in [0.29, 0.717) is 27.9 Å². The van der Waals surface area contributed by atoms with Gasteiger partial charge in [0.15, 0.2) is 11.5 Å². The van der Waals surface area contributed by atoms with Gasteiger partial charge in [-0.05, 0) is 24.6 Å². The second kappa shape index (κ2) is 8.82. The van der Waals surface area contributed by atoms with Gasteiger partial charge in [0, 0.05) is 5.56 Å². The van der Waals surface area contributed by atoms with Crippen molar-refractivity contribution in [1.29, 1.82) is 5.26 Å². The first kappa shape index (κ1) is 19.2. The molecule has 0 atom stereocenters. The van der Waals surface area contributed by atoms with Crippen LogP contribution in [0.5, 0.6) is 17.2 Å². The SMILES string of the molecule is CCc1nnc(NC(=O)/C(C#N)=C/c2ccc(OC)c(OC)c2OC)s1. The van der Waals surface area contributed by atoms with Gasteiger partial charge in [0.1, 0.15) is 16.6 Å². The molecule has 0 bridgehead atoms. The van der Waals surface area contributed by atoms with Crippen molar-refractivity contribution < 1.29 is 19.0 Å². The Morgan fingerprint density at radius 2 is 1.96 bits per heavy atom. The van der Waals surface area contributed by atoms with Crippen LogP contribution in [0.1, 0.15) is 17.5 Å². The third-order valence-electron chi connectivity index (χ3n) is 3.39. The second-order valence-corrected chi connectivity index (χ2v) is 5.96. The lowest BCUT2D eigenvalue weighted by molar-refractivity contribution is -0.112. The van der Waals surface area contributed by atoms with Gasteiger partial charge in [-0.1, -0.05) is 18.3 Å². The van der Waals surface area contributed by atoms with Crippen molar-refractivity contribution >= 4 is 28.5 Å². The molecule has 8 nitrogen and oxygen atoms in total. The van der Waals surface area contributed by atoms with Crippen molar-refractivity contribution in [1.82, 2.24) is 10.2 Å². The minimum atomic E-state index is -0.580. The van der Waals surface area contributed by atoms with Crippen molar-refractivity contribution in [3.05, 3.63) is 28.3 Å². The van der Waals surface area contributed by atoms with Crippen LogP contribution in [0, 0.1) is 11.3 Å². The maximum atomic E-state index is 12.4. The smallest absolute Gasteiger partial charge is 0.268 e. The summed E-state index contributed by atoms with van der Waals surface area (Å²) < 4.78 is 15.9. The molecule has 0 aliphatic carbocycles. The van der Waals surface area contributed by atoms with Crippen LogP contribution < -0.4 is 19.5 Å². The van der Waals surface area contributed by atoms with E-state index < -0.39 is 5.91 Å². The quantitative estimate of drug-likeness (QED) is 0.586. The first-order valence-corrected chi connectivity index (χ1v) is 8.44. The maximum absolute atomic E-state index is 12.4. The van der Waals surface area contributed by atoms with Gasteiger partial charge in [-0.3, -0.25) is 10.1 Å². The van der Waals surface area contributed by atoms with E-state index in [1.165, 1.54) is 38.7 Å². The van der Waals surface area contributed by atoms with E-state index in [9.17, 15) is 10.1 Å². The first-order chi connectivity index (χ1) is 12.6.